The van der Waals surface area contributed by atoms with E-state index in [9.17, 15) is 4.79 Å². The number of amides is 2. The van der Waals surface area contributed by atoms with Gasteiger partial charge in [-0.05, 0) is 37.0 Å². The van der Waals surface area contributed by atoms with E-state index in [-0.39, 0.29) is 18.0 Å². The predicted octanol–water partition coefficient (Wildman–Crippen LogP) is 3.19. The van der Waals surface area contributed by atoms with E-state index in [1.54, 1.807) is 0 Å². The normalized spacial score (nSPS) is 19.7. The summed E-state index contributed by atoms with van der Waals surface area (Å²) in [5.74, 6) is 2.23. The quantitative estimate of drug-likeness (QED) is 0.805. The molecule has 2 aliphatic rings. The van der Waals surface area contributed by atoms with Gasteiger partial charge >= 0.3 is 6.03 Å². The average molecular weight is 333 g/mol. The van der Waals surface area contributed by atoms with Crippen molar-refractivity contribution in [2.45, 2.75) is 78.3 Å². The molecule has 1 atom stereocenters. The SMILES string of the molecule is CCCC1(CNC(=O)N[C@@H](c2nnc3n2CCC3)C(C)C)CCC1. The highest BCUT2D eigenvalue weighted by Gasteiger charge is 2.36. The lowest BCUT2D eigenvalue weighted by atomic mass is 9.66. The van der Waals surface area contributed by atoms with E-state index in [1.165, 1.54) is 32.1 Å². The van der Waals surface area contributed by atoms with Crippen molar-refractivity contribution in [2.75, 3.05) is 6.54 Å². The number of nitrogens with zero attached hydrogens (tertiary/aromatic N) is 3. The first-order chi connectivity index (χ1) is 11.5. The molecule has 0 aromatic carbocycles. The second-order valence-corrected chi connectivity index (χ2v) is 7.88. The van der Waals surface area contributed by atoms with Crippen molar-refractivity contribution >= 4 is 6.03 Å². The molecule has 2 heterocycles. The van der Waals surface area contributed by atoms with Crippen molar-refractivity contribution in [3.8, 4) is 0 Å². The van der Waals surface area contributed by atoms with Crippen LogP contribution in [-0.4, -0.2) is 27.3 Å². The van der Waals surface area contributed by atoms with Crippen LogP contribution in [0, 0.1) is 11.3 Å². The maximum absolute atomic E-state index is 12.5. The minimum atomic E-state index is -0.0899. The van der Waals surface area contributed by atoms with Gasteiger partial charge in [0.05, 0.1) is 6.04 Å². The Labute approximate surface area is 144 Å². The molecule has 134 valence electrons. The standard InChI is InChI=1S/C18H31N5O/c1-4-8-18(9-6-10-18)12-19-17(24)20-15(13(2)3)16-22-21-14-7-5-11-23(14)16/h13,15H,4-12H2,1-3H3,(H2,19,20,24)/t15-/m1/s1. The summed E-state index contributed by atoms with van der Waals surface area (Å²) in [6.45, 7) is 8.21. The van der Waals surface area contributed by atoms with Crippen LogP contribution in [0.25, 0.3) is 0 Å². The van der Waals surface area contributed by atoms with E-state index in [0.717, 1.165) is 37.6 Å². The van der Waals surface area contributed by atoms with E-state index >= 15 is 0 Å². The van der Waals surface area contributed by atoms with Gasteiger partial charge in [0.1, 0.15) is 5.82 Å². The Balaban J connectivity index is 1.60. The predicted molar refractivity (Wildman–Crippen MR) is 93.6 cm³/mol. The first-order valence-corrected chi connectivity index (χ1v) is 9.51. The molecule has 0 unspecified atom stereocenters. The van der Waals surface area contributed by atoms with Crippen LogP contribution >= 0.6 is 0 Å². The van der Waals surface area contributed by atoms with Gasteiger partial charge in [0.2, 0.25) is 0 Å². The summed E-state index contributed by atoms with van der Waals surface area (Å²) in [5, 5.41) is 14.9. The van der Waals surface area contributed by atoms with Gasteiger partial charge in [0.25, 0.3) is 0 Å². The summed E-state index contributed by atoms with van der Waals surface area (Å²) in [4.78, 5) is 12.5. The van der Waals surface area contributed by atoms with E-state index in [1.807, 2.05) is 0 Å². The number of rotatable bonds is 7. The summed E-state index contributed by atoms with van der Waals surface area (Å²) in [5.41, 5.74) is 0.343. The Hall–Kier alpha value is -1.59. The molecule has 0 radical (unpaired) electrons. The number of aryl methyl sites for hydroxylation is 1. The maximum Gasteiger partial charge on any atom is 0.315 e. The fourth-order valence-electron chi connectivity index (χ4n) is 4.11. The van der Waals surface area contributed by atoms with Gasteiger partial charge in [0.15, 0.2) is 5.82 Å². The lowest BCUT2D eigenvalue weighted by molar-refractivity contribution is 0.117. The molecule has 1 aliphatic carbocycles. The van der Waals surface area contributed by atoms with Crippen molar-refractivity contribution in [2.24, 2.45) is 11.3 Å². The molecule has 2 N–H and O–H groups in total. The topological polar surface area (TPSA) is 71.8 Å². The third-order valence-electron chi connectivity index (χ3n) is 5.69. The second-order valence-electron chi connectivity index (χ2n) is 7.88. The molecule has 0 spiro atoms. The van der Waals surface area contributed by atoms with Crippen LogP contribution in [0.1, 0.15) is 77.0 Å². The van der Waals surface area contributed by atoms with Crippen LogP contribution in [-0.2, 0) is 13.0 Å². The molecule has 6 nitrogen and oxygen atoms in total. The van der Waals surface area contributed by atoms with E-state index in [2.05, 4.69) is 46.2 Å². The Kier molecular flexibility index (Phi) is 5.11. The molecule has 1 aromatic rings. The smallest absolute Gasteiger partial charge is 0.315 e. The molecule has 24 heavy (non-hydrogen) atoms. The molecule has 2 amide bonds. The minimum Gasteiger partial charge on any atom is -0.338 e. The number of hydrogen-bond acceptors (Lipinski definition) is 3. The van der Waals surface area contributed by atoms with E-state index in [4.69, 9.17) is 0 Å². The van der Waals surface area contributed by atoms with Crippen LogP contribution in [0.4, 0.5) is 4.79 Å². The summed E-state index contributed by atoms with van der Waals surface area (Å²) in [6, 6.07) is -0.167. The van der Waals surface area contributed by atoms with Gasteiger partial charge in [-0.2, -0.15) is 0 Å². The van der Waals surface area contributed by atoms with Gasteiger partial charge in [-0.15, -0.1) is 10.2 Å². The van der Waals surface area contributed by atoms with Crippen LogP contribution < -0.4 is 10.6 Å². The van der Waals surface area contributed by atoms with Gasteiger partial charge in [-0.1, -0.05) is 33.6 Å². The van der Waals surface area contributed by atoms with Gasteiger partial charge < -0.3 is 15.2 Å². The van der Waals surface area contributed by atoms with E-state index in [0.29, 0.717) is 5.41 Å². The fraction of sp³-hybridized carbons (Fsp3) is 0.833. The first kappa shape index (κ1) is 17.2. The zero-order valence-corrected chi connectivity index (χ0v) is 15.3. The van der Waals surface area contributed by atoms with Crippen molar-refractivity contribution in [3.63, 3.8) is 0 Å². The third kappa shape index (κ3) is 3.42. The van der Waals surface area contributed by atoms with E-state index < -0.39 is 0 Å². The highest BCUT2D eigenvalue weighted by molar-refractivity contribution is 5.74. The highest BCUT2D eigenvalue weighted by Crippen LogP contribution is 2.44. The average Bonchev–Trinajstić information content (AvgIpc) is 3.10. The Bertz CT molecular complexity index is 576. The lowest BCUT2D eigenvalue weighted by Gasteiger charge is -2.42. The number of hydrogen-bond donors (Lipinski definition) is 2. The van der Waals surface area contributed by atoms with Gasteiger partial charge in [-0.3, -0.25) is 0 Å². The molecule has 6 heteroatoms. The third-order valence-corrected chi connectivity index (χ3v) is 5.69. The molecule has 3 rings (SSSR count). The molecule has 1 fully saturated rings. The van der Waals surface area contributed by atoms with Crippen molar-refractivity contribution in [1.82, 2.24) is 25.4 Å². The zero-order valence-electron chi connectivity index (χ0n) is 15.3. The van der Waals surface area contributed by atoms with Crippen LogP contribution in [0.3, 0.4) is 0 Å². The Morgan fingerprint density at radius 2 is 2.08 bits per heavy atom. The summed E-state index contributed by atoms with van der Waals surface area (Å²) >= 11 is 0. The molecule has 1 aromatic heterocycles. The molecule has 1 saturated carbocycles. The number of nitrogens with one attached hydrogen (secondary N) is 2. The molecular formula is C18H31N5O. The monoisotopic (exact) mass is 333 g/mol. The Morgan fingerprint density at radius 3 is 2.71 bits per heavy atom. The number of carbonyl (C=O) groups excluding carboxylic acids is 1. The number of carbonyl (C=O) groups is 1. The molecular weight excluding hydrogens is 302 g/mol. The molecule has 0 saturated heterocycles. The van der Waals surface area contributed by atoms with Gasteiger partial charge in [0, 0.05) is 19.5 Å². The largest absolute Gasteiger partial charge is 0.338 e. The van der Waals surface area contributed by atoms with Crippen molar-refractivity contribution < 1.29 is 4.79 Å². The summed E-state index contributed by atoms with van der Waals surface area (Å²) in [6.07, 6.45) is 8.28. The minimum absolute atomic E-state index is 0.0774. The number of aromatic nitrogens is 3. The Morgan fingerprint density at radius 1 is 1.29 bits per heavy atom. The summed E-state index contributed by atoms with van der Waals surface area (Å²) in [7, 11) is 0. The fourth-order valence-corrected chi connectivity index (χ4v) is 4.11. The number of urea groups is 1. The van der Waals surface area contributed by atoms with Crippen molar-refractivity contribution in [3.05, 3.63) is 11.6 Å². The number of fused-ring (bicyclic) bond motifs is 1. The zero-order chi connectivity index (χ0) is 17.2. The lowest BCUT2D eigenvalue weighted by Crippen LogP contribution is -2.47. The molecule has 1 aliphatic heterocycles. The second kappa shape index (κ2) is 7.11. The van der Waals surface area contributed by atoms with Gasteiger partial charge in [-0.25, -0.2) is 4.79 Å². The summed E-state index contributed by atoms with van der Waals surface area (Å²) < 4.78 is 2.18. The first-order valence-electron chi connectivity index (χ1n) is 9.51. The van der Waals surface area contributed by atoms with Crippen molar-refractivity contribution in [1.29, 1.82) is 0 Å². The van der Waals surface area contributed by atoms with Crippen LogP contribution in [0.5, 0.6) is 0 Å². The maximum atomic E-state index is 12.5. The van der Waals surface area contributed by atoms with Crippen LogP contribution in [0.15, 0.2) is 0 Å². The highest BCUT2D eigenvalue weighted by atomic mass is 16.2. The van der Waals surface area contributed by atoms with Crippen LogP contribution in [0.2, 0.25) is 0 Å². The molecule has 0 bridgehead atoms.